The third-order valence-corrected chi connectivity index (χ3v) is 3.38. The average Bonchev–Trinajstić information content (AvgIpc) is 3.03. The minimum Gasteiger partial charge on any atom is -0.486 e. The first-order valence-corrected chi connectivity index (χ1v) is 7.11. The van der Waals surface area contributed by atoms with Crippen molar-refractivity contribution < 1.29 is 32.2 Å². The molecule has 0 amide bonds. The Morgan fingerprint density at radius 3 is 2.75 bits per heavy atom. The van der Waals surface area contributed by atoms with Crippen LogP contribution < -0.4 is 9.47 Å². The van der Waals surface area contributed by atoms with Gasteiger partial charge in [0.15, 0.2) is 11.5 Å². The van der Waals surface area contributed by atoms with Gasteiger partial charge in [0.05, 0.1) is 18.4 Å². The van der Waals surface area contributed by atoms with Crippen molar-refractivity contribution in [2.45, 2.75) is 12.6 Å². The Labute approximate surface area is 134 Å². The summed E-state index contributed by atoms with van der Waals surface area (Å²) in [5.74, 6) is 0.319. The summed E-state index contributed by atoms with van der Waals surface area (Å²) in [7, 11) is 0. The first-order chi connectivity index (χ1) is 11.4. The number of rotatable bonds is 4. The van der Waals surface area contributed by atoms with Gasteiger partial charge in [-0.25, -0.2) is 4.79 Å². The summed E-state index contributed by atoms with van der Waals surface area (Å²) in [5.41, 5.74) is -0.752. The lowest BCUT2D eigenvalue weighted by atomic mass is 10.2. The molecule has 0 atom stereocenters. The molecule has 24 heavy (non-hydrogen) atoms. The van der Waals surface area contributed by atoms with Crippen molar-refractivity contribution in [3.63, 3.8) is 0 Å². The Bertz CT molecular complexity index is 743. The fourth-order valence-electron chi connectivity index (χ4n) is 2.25. The first-order valence-electron chi connectivity index (χ1n) is 7.11. The van der Waals surface area contributed by atoms with Gasteiger partial charge in [-0.05, 0) is 18.2 Å². The van der Waals surface area contributed by atoms with E-state index >= 15 is 0 Å². The summed E-state index contributed by atoms with van der Waals surface area (Å²) in [6, 6.07) is 4.58. The fraction of sp³-hybridized carbons (Fsp3) is 0.333. The quantitative estimate of drug-likeness (QED) is 0.865. The molecule has 3 rings (SSSR count). The van der Waals surface area contributed by atoms with Crippen molar-refractivity contribution in [2.24, 2.45) is 0 Å². The third kappa shape index (κ3) is 3.44. The van der Waals surface area contributed by atoms with Crippen molar-refractivity contribution in [1.82, 2.24) is 10.2 Å². The summed E-state index contributed by atoms with van der Waals surface area (Å²) in [5, 5.41) is 5.28. The Morgan fingerprint density at radius 1 is 1.25 bits per heavy atom. The number of halogens is 3. The number of H-pyrrole nitrogens is 1. The highest BCUT2D eigenvalue weighted by molar-refractivity contribution is 5.90. The van der Waals surface area contributed by atoms with Gasteiger partial charge < -0.3 is 14.2 Å². The van der Waals surface area contributed by atoms with Crippen LogP contribution in [0.25, 0.3) is 0 Å². The minimum absolute atomic E-state index is 0.0579. The van der Waals surface area contributed by atoms with Crippen LogP contribution in [-0.4, -0.2) is 36.0 Å². The highest BCUT2D eigenvalue weighted by Gasteiger charge is 2.35. The van der Waals surface area contributed by atoms with Crippen LogP contribution in [0.5, 0.6) is 11.5 Å². The summed E-state index contributed by atoms with van der Waals surface area (Å²) in [6.07, 6.45) is -3.55. The summed E-state index contributed by atoms with van der Waals surface area (Å²) < 4.78 is 53.8. The topological polar surface area (TPSA) is 73.4 Å². The van der Waals surface area contributed by atoms with Crippen molar-refractivity contribution in [1.29, 1.82) is 0 Å². The molecule has 0 spiro atoms. The molecule has 1 aromatic heterocycles. The van der Waals surface area contributed by atoms with Crippen molar-refractivity contribution in [3.05, 3.63) is 41.2 Å². The Morgan fingerprint density at radius 2 is 2.00 bits per heavy atom. The maximum atomic E-state index is 12.7. The molecule has 1 aromatic carbocycles. The van der Waals surface area contributed by atoms with Gasteiger partial charge in [0.25, 0.3) is 0 Å². The van der Waals surface area contributed by atoms with Crippen LogP contribution >= 0.6 is 0 Å². The highest BCUT2D eigenvalue weighted by atomic mass is 19.4. The van der Waals surface area contributed by atoms with Crippen LogP contribution in [0.3, 0.4) is 0 Å². The zero-order chi connectivity index (χ0) is 17.2. The second-order valence-electron chi connectivity index (χ2n) is 5.01. The van der Waals surface area contributed by atoms with Gasteiger partial charge in [0.2, 0.25) is 0 Å². The third-order valence-electron chi connectivity index (χ3n) is 3.38. The lowest BCUT2D eigenvalue weighted by Gasteiger charge is -2.18. The normalized spacial score (nSPS) is 13.6. The lowest BCUT2D eigenvalue weighted by molar-refractivity contribution is -0.141. The number of nitrogens with zero attached hydrogens (tertiary/aromatic N) is 1. The van der Waals surface area contributed by atoms with E-state index in [9.17, 15) is 18.0 Å². The van der Waals surface area contributed by atoms with Crippen LogP contribution in [-0.2, 0) is 17.3 Å². The number of carbonyl (C=O) groups is 1. The van der Waals surface area contributed by atoms with E-state index < -0.39 is 17.8 Å². The molecule has 0 saturated heterocycles. The number of fused-ring (bicyclic) bond motifs is 1. The molecule has 0 radical (unpaired) electrons. The molecule has 1 N–H and O–H groups in total. The van der Waals surface area contributed by atoms with Gasteiger partial charge in [-0.15, -0.1) is 0 Å². The van der Waals surface area contributed by atoms with E-state index in [1.165, 1.54) is 12.1 Å². The van der Waals surface area contributed by atoms with Crippen LogP contribution in [0.4, 0.5) is 13.2 Å². The Hall–Kier alpha value is -2.71. The van der Waals surface area contributed by atoms with Crippen molar-refractivity contribution >= 4 is 5.97 Å². The van der Waals surface area contributed by atoms with Gasteiger partial charge in [0, 0.05) is 12.0 Å². The van der Waals surface area contributed by atoms with E-state index in [0.29, 0.717) is 24.7 Å². The van der Waals surface area contributed by atoms with Gasteiger partial charge in [-0.1, -0.05) is 0 Å². The van der Waals surface area contributed by atoms with Crippen LogP contribution in [0.1, 0.15) is 21.6 Å². The second kappa shape index (κ2) is 6.42. The Balaban J connectivity index is 1.59. The predicted octanol–water partition coefficient (Wildman–Crippen LogP) is 2.60. The summed E-state index contributed by atoms with van der Waals surface area (Å²) in [4.78, 5) is 12.0. The van der Waals surface area contributed by atoms with Gasteiger partial charge in [0.1, 0.15) is 18.9 Å². The van der Waals surface area contributed by atoms with E-state index in [4.69, 9.17) is 14.2 Å². The molecular weight excluding hydrogens is 329 g/mol. The molecule has 2 aromatic rings. The number of benzene rings is 1. The Kier molecular flexibility index (Phi) is 4.32. The molecule has 1 aliphatic heterocycles. The molecule has 0 aliphatic carbocycles. The van der Waals surface area contributed by atoms with E-state index in [-0.39, 0.29) is 24.2 Å². The maximum absolute atomic E-state index is 12.7. The number of hydrogen-bond acceptors (Lipinski definition) is 5. The molecule has 1 aliphatic rings. The highest BCUT2D eigenvalue weighted by Crippen LogP contribution is 2.31. The number of alkyl halides is 3. The SMILES string of the molecule is O=C(OCCc1cn[nH]c1C(F)(F)F)c1ccc2c(c1)OCCO2. The monoisotopic (exact) mass is 342 g/mol. The van der Waals surface area contributed by atoms with Crippen molar-refractivity contribution in [2.75, 3.05) is 19.8 Å². The van der Waals surface area contributed by atoms with Crippen LogP contribution in [0, 0.1) is 0 Å². The number of aromatic amines is 1. The standard InChI is InChI=1S/C15H13F3N2O4/c16-15(17,18)13-10(8-19-20-13)3-4-24-14(21)9-1-2-11-12(7-9)23-6-5-22-11/h1-2,7-8H,3-6H2,(H,19,20). The minimum atomic E-state index is -4.52. The van der Waals surface area contributed by atoms with E-state index in [1.807, 2.05) is 5.10 Å². The molecule has 0 bridgehead atoms. The molecule has 0 unspecified atom stereocenters. The van der Waals surface area contributed by atoms with Crippen LogP contribution in [0.15, 0.2) is 24.4 Å². The van der Waals surface area contributed by atoms with Crippen LogP contribution in [0.2, 0.25) is 0 Å². The summed E-state index contributed by atoms with van der Waals surface area (Å²) in [6.45, 7) is 0.616. The molecule has 2 heterocycles. The van der Waals surface area contributed by atoms with Gasteiger partial charge in [-0.3, -0.25) is 5.10 Å². The van der Waals surface area contributed by atoms with E-state index in [0.717, 1.165) is 6.20 Å². The molecule has 0 saturated carbocycles. The zero-order valence-corrected chi connectivity index (χ0v) is 12.4. The molecule has 6 nitrogen and oxygen atoms in total. The van der Waals surface area contributed by atoms with Crippen molar-refractivity contribution in [3.8, 4) is 11.5 Å². The number of esters is 1. The number of nitrogens with one attached hydrogen (secondary N) is 1. The predicted molar refractivity (Wildman–Crippen MR) is 75.0 cm³/mol. The van der Waals surface area contributed by atoms with Gasteiger partial charge >= 0.3 is 12.1 Å². The second-order valence-corrected chi connectivity index (χ2v) is 5.01. The molecule has 128 valence electrons. The lowest BCUT2D eigenvalue weighted by Crippen LogP contribution is -2.16. The number of ether oxygens (including phenoxy) is 3. The van der Waals surface area contributed by atoms with E-state index in [1.54, 1.807) is 6.07 Å². The largest absolute Gasteiger partial charge is 0.486 e. The molecule has 9 heteroatoms. The smallest absolute Gasteiger partial charge is 0.433 e. The molecule has 0 fully saturated rings. The fourth-order valence-corrected chi connectivity index (χ4v) is 2.25. The maximum Gasteiger partial charge on any atom is 0.433 e. The molecular formula is C15H13F3N2O4. The average molecular weight is 342 g/mol. The van der Waals surface area contributed by atoms with Gasteiger partial charge in [-0.2, -0.15) is 18.3 Å². The number of aromatic nitrogens is 2. The number of hydrogen-bond donors (Lipinski definition) is 1. The zero-order valence-electron chi connectivity index (χ0n) is 12.4. The van der Waals surface area contributed by atoms with E-state index in [2.05, 4.69) is 5.10 Å². The number of carbonyl (C=O) groups excluding carboxylic acids is 1. The first kappa shape index (κ1) is 16.2. The summed E-state index contributed by atoms with van der Waals surface area (Å²) >= 11 is 0.